The van der Waals surface area contributed by atoms with E-state index in [1.165, 1.54) is 0 Å². The summed E-state index contributed by atoms with van der Waals surface area (Å²) in [6.45, 7) is 3.84. The van der Waals surface area contributed by atoms with Gasteiger partial charge in [0, 0.05) is 6.54 Å². The van der Waals surface area contributed by atoms with E-state index >= 15 is 0 Å². The zero-order valence-electron chi connectivity index (χ0n) is 8.52. The molecule has 0 radical (unpaired) electrons. The molecular formula is C11H13ClFNO. The molecule has 4 heteroatoms. The predicted octanol–water partition coefficient (Wildman–Crippen LogP) is 2.45. The Morgan fingerprint density at radius 3 is 3.00 bits per heavy atom. The molecule has 1 aromatic carbocycles. The van der Waals surface area contributed by atoms with Crippen LogP contribution in [-0.4, -0.2) is 19.8 Å². The maximum absolute atomic E-state index is 13.5. The van der Waals surface area contributed by atoms with E-state index in [1.54, 1.807) is 13.0 Å². The molecule has 0 aliphatic carbocycles. The fourth-order valence-corrected chi connectivity index (χ4v) is 2.01. The summed E-state index contributed by atoms with van der Waals surface area (Å²) in [6, 6.07) is 3.52. The molecule has 0 bridgehead atoms. The SMILES string of the molecule is Cc1c(C2COCCN2)ccc(Cl)c1F. The van der Waals surface area contributed by atoms with Crippen LogP contribution in [0.25, 0.3) is 0 Å². The predicted molar refractivity (Wildman–Crippen MR) is 57.7 cm³/mol. The maximum Gasteiger partial charge on any atom is 0.145 e. The quantitative estimate of drug-likeness (QED) is 0.799. The van der Waals surface area contributed by atoms with Crippen molar-refractivity contribution in [2.24, 2.45) is 0 Å². The van der Waals surface area contributed by atoms with Crippen molar-refractivity contribution in [3.63, 3.8) is 0 Å². The van der Waals surface area contributed by atoms with Crippen LogP contribution in [0.3, 0.4) is 0 Å². The van der Waals surface area contributed by atoms with Crippen molar-refractivity contribution >= 4 is 11.6 Å². The minimum Gasteiger partial charge on any atom is -0.378 e. The van der Waals surface area contributed by atoms with Crippen LogP contribution in [0.1, 0.15) is 17.2 Å². The van der Waals surface area contributed by atoms with Crippen molar-refractivity contribution in [2.45, 2.75) is 13.0 Å². The van der Waals surface area contributed by atoms with Crippen molar-refractivity contribution in [2.75, 3.05) is 19.8 Å². The minimum absolute atomic E-state index is 0.0746. The largest absolute Gasteiger partial charge is 0.378 e. The van der Waals surface area contributed by atoms with Gasteiger partial charge >= 0.3 is 0 Å². The van der Waals surface area contributed by atoms with E-state index in [0.717, 1.165) is 12.1 Å². The monoisotopic (exact) mass is 229 g/mol. The summed E-state index contributed by atoms with van der Waals surface area (Å²) < 4.78 is 18.9. The number of ether oxygens (including phenoxy) is 1. The number of hydrogen-bond donors (Lipinski definition) is 1. The molecule has 1 aromatic rings. The number of nitrogens with one attached hydrogen (secondary N) is 1. The maximum atomic E-state index is 13.5. The van der Waals surface area contributed by atoms with Crippen molar-refractivity contribution in [1.29, 1.82) is 0 Å². The van der Waals surface area contributed by atoms with E-state index in [1.807, 2.05) is 6.07 Å². The van der Waals surface area contributed by atoms with Crippen LogP contribution < -0.4 is 5.32 Å². The van der Waals surface area contributed by atoms with Crippen LogP contribution in [0.5, 0.6) is 0 Å². The summed E-state index contributed by atoms with van der Waals surface area (Å²) in [5, 5.41) is 3.46. The molecule has 1 unspecified atom stereocenters. The van der Waals surface area contributed by atoms with Gasteiger partial charge in [-0.2, -0.15) is 0 Å². The van der Waals surface area contributed by atoms with Crippen molar-refractivity contribution < 1.29 is 9.13 Å². The lowest BCUT2D eigenvalue weighted by molar-refractivity contribution is 0.0766. The Labute approximate surface area is 93.4 Å². The topological polar surface area (TPSA) is 21.3 Å². The Bertz CT molecular complexity index is 364. The third-order valence-electron chi connectivity index (χ3n) is 2.68. The van der Waals surface area contributed by atoms with Gasteiger partial charge in [0.2, 0.25) is 0 Å². The van der Waals surface area contributed by atoms with Crippen LogP contribution in [0, 0.1) is 12.7 Å². The normalized spacial score (nSPS) is 21.7. The Morgan fingerprint density at radius 2 is 2.33 bits per heavy atom. The van der Waals surface area contributed by atoms with Crippen LogP contribution >= 0.6 is 11.6 Å². The van der Waals surface area contributed by atoms with E-state index in [9.17, 15) is 4.39 Å². The second kappa shape index (κ2) is 4.47. The highest BCUT2D eigenvalue weighted by Crippen LogP contribution is 2.26. The van der Waals surface area contributed by atoms with Crippen molar-refractivity contribution in [3.05, 3.63) is 34.1 Å². The summed E-state index contributed by atoms with van der Waals surface area (Å²) in [5.41, 5.74) is 1.53. The van der Waals surface area contributed by atoms with Gasteiger partial charge in [-0.05, 0) is 24.1 Å². The highest BCUT2D eigenvalue weighted by atomic mass is 35.5. The third-order valence-corrected chi connectivity index (χ3v) is 2.97. The first kappa shape index (κ1) is 10.9. The van der Waals surface area contributed by atoms with E-state index in [2.05, 4.69) is 5.32 Å². The number of morpholine rings is 1. The summed E-state index contributed by atoms with van der Waals surface area (Å²) in [4.78, 5) is 0. The molecule has 1 aliphatic rings. The lowest BCUT2D eigenvalue weighted by Gasteiger charge is -2.25. The van der Waals surface area contributed by atoms with Gasteiger partial charge < -0.3 is 10.1 Å². The Balaban J connectivity index is 2.31. The van der Waals surface area contributed by atoms with Gasteiger partial charge in [-0.1, -0.05) is 17.7 Å². The fraction of sp³-hybridized carbons (Fsp3) is 0.455. The molecule has 15 heavy (non-hydrogen) atoms. The second-order valence-electron chi connectivity index (χ2n) is 3.66. The van der Waals surface area contributed by atoms with Gasteiger partial charge in [-0.3, -0.25) is 0 Å². The number of benzene rings is 1. The van der Waals surface area contributed by atoms with Gasteiger partial charge in [-0.15, -0.1) is 0 Å². The van der Waals surface area contributed by atoms with Gasteiger partial charge in [0.05, 0.1) is 24.3 Å². The molecule has 1 aliphatic heterocycles. The zero-order valence-corrected chi connectivity index (χ0v) is 9.27. The molecule has 1 saturated heterocycles. The van der Waals surface area contributed by atoms with Crippen molar-refractivity contribution in [3.8, 4) is 0 Å². The van der Waals surface area contributed by atoms with Crippen LogP contribution in [-0.2, 0) is 4.74 Å². The molecule has 1 heterocycles. The molecular weight excluding hydrogens is 217 g/mol. The van der Waals surface area contributed by atoms with Crippen LogP contribution in [0.2, 0.25) is 5.02 Å². The van der Waals surface area contributed by atoms with Gasteiger partial charge in [0.25, 0.3) is 0 Å². The van der Waals surface area contributed by atoms with Gasteiger partial charge in [0.1, 0.15) is 5.82 Å². The van der Waals surface area contributed by atoms with E-state index < -0.39 is 0 Å². The van der Waals surface area contributed by atoms with Crippen LogP contribution in [0.15, 0.2) is 12.1 Å². The molecule has 2 nitrogen and oxygen atoms in total. The average Bonchev–Trinajstić information content (AvgIpc) is 2.27. The van der Waals surface area contributed by atoms with Gasteiger partial charge in [0.15, 0.2) is 0 Å². The smallest absolute Gasteiger partial charge is 0.145 e. The van der Waals surface area contributed by atoms with E-state index in [4.69, 9.17) is 16.3 Å². The molecule has 1 atom stereocenters. The number of rotatable bonds is 1. The Hall–Kier alpha value is -0.640. The van der Waals surface area contributed by atoms with E-state index in [0.29, 0.717) is 18.8 Å². The molecule has 0 saturated carbocycles. The Morgan fingerprint density at radius 1 is 1.53 bits per heavy atom. The molecule has 2 rings (SSSR count). The molecule has 0 spiro atoms. The van der Waals surface area contributed by atoms with Crippen LogP contribution in [0.4, 0.5) is 4.39 Å². The zero-order chi connectivity index (χ0) is 10.8. The third kappa shape index (κ3) is 2.14. The first-order valence-corrected chi connectivity index (χ1v) is 5.33. The van der Waals surface area contributed by atoms with Gasteiger partial charge in [-0.25, -0.2) is 4.39 Å². The summed E-state index contributed by atoms with van der Waals surface area (Å²) >= 11 is 5.70. The number of hydrogen-bond acceptors (Lipinski definition) is 2. The lowest BCUT2D eigenvalue weighted by Crippen LogP contribution is -2.35. The molecule has 1 fully saturated rings. The summed E-state index contributed by atoms with van der Waals surface area (Å²) in [5.74, 6) is -0.332. The first-order valence-electron chi connectivity index (χ1n) is 4.96. The first-order chi connectivity index (χ1) is 7.20. The Kier molecular flexibility index (Phi) is 3.24. The van der Waals surface area contributed by atoms with E-state index in [-0.39, 0.29) is 16.9 Å². The highest BCUT2D eigenvalue weighted by molar-refractivity contribution is 6.30. The average molecular weight is 230 g/mol. The standard InChI is InChI=1S/C11H13ClFNO/c1-7-8(2-3-9(12)11(7)13)10-6-15-5-4-14-10/h2-3,10,14H,4-6H2,1H3. The fourth-order valence-electron chi connectivity index (χ4n) is 1.81. The minimum atomic E-state index is -0.332. The number of halogens is 2. The molecule has 1 N–H and O–H groups in total. The molecule has 82 valence electrons. The molecule has 0 amide bonds. The van der Waals surface area contributed by atoms with Crippen molar-refractivity contribution in [1.82, 2.24) is 5.32 Å². The second-order valence-corrected chi connectivity index (χ2v) is 4.06. The molecule has 0 aromatic heterocycles. The lowest BCUT2D eigenvalue weighted by atomic mass is 10.0. The highest BCUT2D eigenvalue weighted by Gasteiger charge is 2.19. The summed E-state index contributed by atoms with van der Waals surface area (Å²) in [7, 11) is 0. The summed E-state index contributed by atoms with van der Waals surface area (Å²) in [6.07, 6.45) is 0.